The maximum atomic E-state index is 13.2. The first-order valence-electron chi connectivity index (χ1n) is 6.98. The van der Waals surface area contributed by atoms with E-state index in [0.717, 1.165) is 31.1 Å². The fourth-order valence-electron chi connectivity index (χ4n) is 3.48. The molecule has 0 aliphatic carbocycles. The van der Waals surface area contributed by atoms with Crippen molar-refractivity contribution in [1.82, 2.24) is 9.80 Å². The van der Waals surface area contributed by atoms with Crippen molar-refractivity contribution >= 4 is 11.6 Å². The van der Waals surface area contributed by atoms with E-state index in [0.29, 0.717) is 6.04 Å². The van der Waals surface area contributed by atoms with E-state index in [1.807, 2.05) is 6.07 Å². The summed E-state index contributed by atoms with van der Waals surface area (Å²) in [6, 6.07) is 5.72. The minimum absolute atomic E-state index is 0.231. The van der Waals surface area contributed by atoms with Crippen LogP contribution in [0, 0.1) is 11.7 Å². The highest BCUT2D eigenvalue weighted by Crippen LogP contribution is 2.29. The van der Waals surface area contributed by atoms with E-state index >= 15 is 0 Å². The Balaban J connectivity index is 1.74. The lowest BCUT2D eigenvalue weighted by atomic mass is 9.94. The van der Waals surface area contributed by atoms with Gasteiger partial charge in [0.2, 0.25) is 0 Å². The van der Waals surface area contributed by atoms with Crippen LogP contribution in [0.4, 0.5) is 4.39 Å². The van der Waals surface area contributed by atoms with E-state index in [9.17, 15) is 4.39 Å². The van der Waals surface area contributed by atoms with Crippen LogP contribution in [0.15, 0.2) is 18.2 Å². The predicted octanol–water partition coefficient (Wildman–Crippen LogP) is 3.01. The van der Waals surface area contributed by atoms with Gasteiger partial charge in [-0.3, -0.25) is 4.90 Å². The minimum Gasteiger partial charge on any atom is -0.304 e. The second kappa shape index (κ2) is 5.39. The van der Waals surface area contributed by atoms with Gasteiger partial charge in [0.05, 0.1) is 5.02 Å². The largest absolute Gasteiger partial charge is 0.304 e. The zero-order chi connectivity index (χ0) is 13.4. The molecule has 1 aromatic carbocycles. The Labute approximate surface area is 119 Å². The van der Waals surface area contributed by atoms with Crippen LogP contribution in [-0.4, -0.2) is 42.5 Å². The van der Waals surface area contributed by atoms with E-state index < -0.39 is 0 Å². The number of piperidine rings is 1. The lowest BCUT2D eigenvalue weighted by molar-refractivity contribution is 0.124. The van der Waals surface area contributed by atoms with Gasteiger partial charge in [-0.2, -0.15) is 0 Å². The van der Waals surface area contributed by atoms with Gasteiger partial charge in [-0.05, 0) is 43.5 Å². The van der Waals surface area contributed by atoms with Crippen molar-refractivity contribution < 1.29 is 4.39 Å². The number of benzene rings is 1. The Hall–Kier alpha value is -0.640. The molecule has 3 aliphatic rings. The maximum Gasteiger partial charge on any atom is 0.141 e. The third kappa shape index (κ3) is 2.93. The Morgan fingerprint density at radius 2 is 2.11 bits per heavy atom. The SMILES string of the molecule is CN1C[C@H]2CC[C@@H](C1)N(Cc1ccc(F)c(Cl)c1)C2. The lowest BCUT2D eigenvalue weighted by Crippen LogP contribution is -2.43. The zero-order valence-electron chi connectivity index (χ0n) is 11.3. The van der Waals surface area contributed by atoms with Gasteiger partial charge in [0.15, 0.2) is 0 Å². The van der Waals surface area contributed by atoms with Crippen molar-refractivity contribution in [3.63, 3.8) is 0 Å². The van der Waals surface area contributed by atoms with Crippen molar-refractivity contribution in [2.24, 2.45) is 5.92 Å². The highest BCUT2D eigenvalue weighted by molar-refractivity contribution is 6.30. The zero-order valence-corrected chi connectivity index (χ0v) is 12.0. The van der Waals surface area contributed by atoms with Crippen LogP contribution in [0.5, 0.6) is 0 Å². The van der Waals surface area contributed by atoms with Crippen LogP contribution in [0.25, 0.3) is 0 Å². The summed E-state index contributed by atoms with van der Waals surface area (Å²) in [5.41, 5.74) is 1.11. The molecule has 4 heteroatoms. The summed E-state index contributed by atoms with van der Waals surface area (Å²) in [5.74, 6) is 0.446. The highest BCUT2D eigenvalue weighted by Gasteiger charge is 2.33. The first-order valence-corrected chi connectivity index (χ1v) is 7.36. The molecule has 2 bridgehead atoms. The first kappa shape index (κ1) is 13.3. The average molecular weight is 283 g/mol. The van der Waals surface area contributed by atoms with E-state index in [1.165, 1.54) is 25.5 Å². The molecule has 3 heterocycles. The smallest absolute Gasteiger partial charge is 0.141 e. The second-order valence-corrected chi connectivity index (χ2v) is 6.40. The molecule has 0 spiro atoms. The van der Waals surface area contributed by atoms with Gasteiger partial charge in [0.25, 0.3) is 0 Å². The molecule has 0 saturated carbocycles. The van der Waals surface area contributed by atoms with Crippen LogP contribution in [0.3, 0.4) is 0 Å². The van der Waals surface area contributed by atoms with Gasteiger partial charge < -0.3 is 4.90 Å². The molecule has 4 rings (SSSR count). The minimum atomic E-state index is -0.331. The van der Waals surface area contributed by atoms with Crippen molar-refractivity contribution in [1.29, 1.82) is 0 Å². The van der Waals surface area contributed by atoms with Crippen LogP contribution in [0.2, 0.25) is 5.02 Å². The van der Waals surface area contributed by atoms with E-state index in [4.69, 9.17) is 11.6 Å². The van der Waals surface area contributed by atoms with Crippen molar-refractivity contribution in [3.8, 4) is 0 Å². The standard InChI is InChI=1S/C15H20ClFN2/c1-18-7-12-2-4-13(10-18)19(9-12)8-11-3-5-15(17)14(16)6-11/h3,5-6,12-13H,2,4,7-10H2,1H3/t12-,13+/m1/s1. The van der Waals surface area contributed by atoms with Crippen molar-refractivity contribution in [3.05, 3.63) is 34.6 Å². The van der Waals surface area contributed by atoms with E-state index in [1.54, 1.807) is 6.07 Å². The molecular weight excluding hydrogens is 263 g/mol. The number of hydrogen-bond acceptors (Lipinski definition) is 2. The van der Waals surface area contributed by atoms with Gasteiger partial charge in [-0.1, -0.05) is 17.7 Å². The monoisotopic (exact) mass is 282 g/mol. The Morgan fingerprint density at radius 3 is 2.89 bits per heavy atom. The van der Waals surface area contributed by atoms with Gasteiger partial charge >= 0.3 is 0 Å². The number of likely N-dealkylation sites (N-methyl/N-ethyl adjacent to an activating group) is 1. The maximum absolute atomic E-state index is 13.2. The quantitative estimate of drug-likeness (QED) is 0.823. The van der Waals surface area contributed by atoms with Crippen LogP contribution in [-0.2, 0) is 6.54 Å². The number of hydrogen-bond donors (Lipinski definition) is 0. The van der Waals surface area contributed by atoms with Crippen molar-refractivity contribution in [2.75, 3.05) is 26.7 Å². The normalized spacial score (nSPS) is 28.6. The molecule has 0 unspecified atom stereocenters. The molecule has 3 saturated heterocycles. The molecule has 0 amide bonds. The van der Waals surface area contributed by atoms with Crippen LogP contribution in [0.1, 0.15) is 18.4 Å². The van der Waals surface area contributed by atoms with E-state index in [2.05, 4.69) is 16.8 Å². The summed E-state index contributed by atoms with van der Waals surface area (Å²) in [6.45, 7) is 4.39. The number of halogens is 2. The third-order valence-electron chi connectivity index (χ3n) is 4.38. The second-order valence-electron chi connectivity index (χ2n) is 6.00. The molecule has 3 aliphatic heterocycles. The molecular formula is C15H20ClFN2. The van der Waals surface area contributed by atoms with Gasteiger partial charge in [0, 0.05) is 32.2 Å². The third-order valence-corrected chi connectivity index (χ3v) is 4.67. The number of fused-ring (bicyclic) bond motifs is 4. The summed E-state index contributed by atoms with van der Waals surface area (Å²) in [7, 11) is 2.21. The Kier molecular flexibility index (Phi) is 3.79. The fraction of sp³-hybridized carbons (Fsp3) is 0.600. The van der Waals surface area contributed by atoms with E-state index in [-0.39, 0.29) is 10.8 Å². The molecule has 2 atom stereocenters. The average Bonchev–Trinajstić information content (AvgIpc) is 2.63. The molecule has 0 radical (unpaired) electrons. The van der Waals surface area contributed by atoms with Crippen molar-refractivity contribution in [2.45, 2.75) is 25.4 Å². The summed E-state index contributed by atoms with van der Waals surface area (Å²) in [5, 5.41) is 0.231. The summed E-state index contributed by atoms with van der Waals surface area (Å²) in [4.78, 5) is 4.99. The summed E-state index contributed by atoms with van der Waals surface area (Å²) < 4.78 is 13.2. The molecule has 3 fully saturated rings. The van der Waals surface area contributed by atoms with Gasteiger partial charge in [0.1, 0.15) is 5.82 Å². The Morgan fingerprint density at radius 1 is 1.26 bits per heavy atom. The number of nitrogens with zero attached hydrogens (tertiary/aromatic N) is 2. The van der Waals surface area contributed by atoms with Gasteiger partial charge in [-0.15, -0.1) is 0 Å². The molecule has 0 N–H and O–H groups in total. The summed E-state index contributed by atoms with van der Waals surface area (Å²) in [6.07, 6.45) is 2.62. The molecule has 19 heavy (non-hydrogen) atoms. The molecule has 1 aromatic rings. The summed E-state index contributed by atoms with van der Waals surface area (Å²) >= 11 is 5.86. The molecule has 2 nitrogen and oxygen atoms in total. The highest BCUT2D eigenvalue weighted by atomic mass is 35.5. The van der Waals surface area contributed by atoms with Gasteiger partial charge in [-0.25, -0.2) is 4.39 Å². The number of rotatable bonds is 2. The first-order chi connectivity index (χ1) is 9.11. The molecule has 0 aromatic heterocycles. The topological polar surface area (TPSA) is 6.48 Å². The van der Waals surface area contributed by atoms with Crippen LogP contribution >= 0.6 is 11.6 Å². The van der Waals surface area contributed by atoms with Crippen LogP contribution < -0.4 is 0 Å². The Bertz CT molecular complexity index is 465. The molecule has 104 valence electrons. The lowest BCUT2D eigenvalue weighted by Gasteiger charge is -2.36. The fourth-order valence-corrected chi connectivity index (χ4v) is 3.68. The predicted molar refractivity (Wildman–Crippen MR) is 75.8 cm³/mol.